The molecule has 11 heavy (non-hydrogen) atoms. The molecule has 0 aliphatic rings. The van der Waals surface area contributed by atoms with Crippen LogP contribution in [-0.4, -0.2) is 16.3 Å². The second-order valence-electron chi connectivity index (χ2n) is 1.86. The first kappa shape index (κ1) is 7.40. The molecule has 0 saturated carbocycles. The van der Waals surface area contributed by atoms with Gasteiger partial charge in [0, 0.05) is 0 Å². The molecular formula is C7H7N3O. The van der Waals surface area contributed by atoms with E-state index in [0.29, 0.717) is 17.8 Å². The zero-order valence-electron chi connectivity index (χ0n) is 5.77. The number of hydrogen-bond acceptors (Lipinski definition) is 4. The number of rotatable bonds is 2. The van der Waals surface area contributed by atoms with Gasteiger partial charge in [0.25, 0.3) is 0 Å². The molecule has 56 valence electrons. The predicted molar refractivity (Wildman–Crippen MR) is 41.5 cm³/mol. The van der Waals surface area contributed by atoms with Crippen LogP contribution in [0, 0.1) is 0 Å². The second-order valence-corrected chi connectivity index (χ2v) is 1.86. The fourth-order valence-electron chi connectivity index (χ4n) is 0.572. The molecule has 0 atom stereocenters. The predicted octanol–water partition coefficient (Wildman–Crippen LogP) is 0.271. The Labute approximate surface area is 63.8 Å². The van der Waals surface area contributed by atoms with Gasteiger partial charge in [-0.1, -0.05) is 0 Å². The highest BCUT2D eigenvalue weighted by Gasteiger charge is 1.87. The van der Waals surface area contributed by atoms with E-state index in [-0.39, 0.29) is 0 Å². The molecule has 0 bridgehead atoms. The van der Waals surface area contributed by atoms with Crippen molar-refractivity contribution in [3.8, 4) is 0 Å². The fraction of sp³-hybridized carbons (Fsp3) is 0. The van der Waals surface area contributed by atoms with E-state index in [4.69, 9.17) is 5.73 Å². The summed E-state index contributed by atoms with van der Waals surface area (Å²) in [4.78, 5) is 17.5. The maximum atomic E-state index is 9.89. The first-order chi connectivity index (χ1) is 5.33. The van der Waals surface area contributed by atoms with Crippen molar-refractivity contribution in [3.05, 3.63) is 24.2 Å². The van der Waals surface area contributed by atoms with Crippen LogP contribution in [0.25, 0.3) is 6.08 Å². The van der Waals surface area contributed by atoms with Crippen molar-refractivity contribution in [2.24, 2.45) is 0 Å². The van der Waals surface area contributed by atoms with Crippen LogP contribution in [0.5, 0.6) is 0 Å². The third-order valence-electron chi connectivity index (χ3n) is 1.04. The zero-order chi connectivity index (χ0) is 8.10. The topological polar surface area (TPSA) is 68.9 Å². The summed E-state index contributed by atoms with van der Waals surface area (Å²) in [6, 6.07) is 0. The van der Waals surface area contributed by atoms with Crippen molar-refractivity contribution in [3.63, 3.8) is 0 Å². The Morgan fingerprint density at radius 3 is 2.73 bits per heavy atom. The van der Waals surface area contributed by atoms with E-state index in [2.05, 4.69) is 9.97 Å². The van der Waals surface area contributed by atoms with Gasteiger partial charge in [-0.05, 0) is 12.2 Å². The number of anilines is 1. The van der Waals surface area contributed by atoms with Gasteiger partial charge in [-0.25, -0.2) is 4.98 Å². The molecule has 0 saturated heterocycles. The quantitative estimate of drug-likeness (QED) is 0.484. The van der Waals surface area contributed by atoms with Gasteiger partial charge in [-0.2, -0.15) is 0 Å². The Balaban J connectivity index is 2.81. The number of carbonyl (C=O) groups is 1. The molecule has 1 aromatic heterocycles. The summed E-state index contributed by atoms with van der Waals surface area (Å²) in [5, 5.41) is 0. The van der Waals surface area contributed by atoms with Crippen LogP contribution in [0.4, 0.5) is 5.82 Å². The highest BCUT2D eigenvalue weighted by Crippen LogP contribution is 1.96. The Morgan fingerprint density at radius 2 is 2.18 bits per heavy atom. The average Bonchev–Trinajstić information content (AvgIpc) is 2.04. The lowest BCUT2D eigenvalue weighted by Crippen LogP contribution is -1.91. The van der Waals surface area contributed by atoms with Crippen molar-refractivity contribution < 1.29 is 4.79 Å². The van der Waals surface area contributed by atoms with Crippen LogP contribution >= 0.6 is 0 Å². The van der Waals surface area contributed by atoms with Crippen LogP contribution in [0.3, 0.4) is 0 Å². The molecule has 0 spiro atoms. The molecule has 4 heteroatoms. The smallest absolute Gasteiger partial charge is 0.142 e. The molecule has 0 aliphatic carbocycles. The van der Waals surface area contributed by atoms with E-state index < -0.39 is 0 Å². The molecular weight excluding hydrogens is 142 g/mol. The average molecular weight is 149 g/mol. The van der Waals surface area contributed by atoms with Crippen LogP contribution < -0.4 is 5.73 Å². The maximum absolute atomic E-state index is 9.89. The Bertz CT molecular complexity index is 266. The number of nitrogens with zero attached hydrogens (tertiary/aromatic N) is 2. The van der Waals surface area contributed by atoms with Gasteiger partial charge in [0.15, 0.2) is 0 Å². The van der Waals surface area contributed by atoms with Gasteiger partial charge in [0.05, 0.1) is 18.1 Å². The van der Waals surface area contributed by atoms with Crippen LogP contribution in [0.2, 0.25) is 0 Å². The highest BCUT2D eigenvalue weighted by atomic mass is 16.1. The fourth-order valence-corrected chi connectivity index (χ4v) is 0.572. The summed E-state index contributed by atoms with van der Waals surface area (Å²) < 4.78 is 0. The number of carbonyl (C=O) groups excluding carboxylic acids is 1. The minimum atomic E-state index is 0.369. The van der Waals surface area contributed by atoms with Crippen molar-refractivity contribution >= 4 is 18.2 Å². The van der Waals surface area contributed by atoms with E-state index in [1.54, 1.807) is 6.08 Å². The van der Waals surface area contributed by atoms with Crippen LogP contribution in [0.1, 0.15) is 5.69 Å². The molecule has 0 fully saturated rings. The summed E-state index contributed by atoms with van der Waals surface area (Å²) in [6.07, 6.45) is 6.51. The first-order valence-corrected chi connectivity index (χ1v) is 3.02. The molecule has 1 heterocycles. The SMILES string of the molecule is Nc1cnc(C=CC=O)cn1. The Kier molecular flexibility index (Phi) is 2.32. The Hall–Kier alpha value is -1.71. The number of nitrogen functional groups attached to an aromatic ring is 1. The lowest BCUT2D eigenvalue weighted by atomic mass is 10.4. The molecule has 0 amide bonds. The van der Waals surface area contributed by atoms with Gasteiger partial charge in [-0.3, -0.25) is 9.78 Å². The summed E-state index contributed by atoms with van der Waals surface area (Å²) in [5.74, 6) is 0.369. The lowest BCUT2D eigenvalue weighted by molar-refractivity contribution is -0.104. The van der Waals surface area contributed by atoms with Gasteiger partial charge in [0.1, 0.15) is 12.1 Å². The third-order valence-corrected chi connectivity index (χ3v) is 1.04. The van der Waals surface area contributed by atoms with Crippen LogP contribution in [0.15, 0.2) is 18.5 Å². The number of nitrogens with two attached hydrogens (primary N) is 1. The highest BCUT2D eigenvalue weighted by molar-refractivity contribution is 5.72. The monoisotopic (exact) mass is 149 g/mol. The number of aromatic nitrogens is 2. The zero-order valence-corrected chi connectivity index (χ0v) is 5.77. The second kappa shape index (κ2) is 3.46. The molecule has 0 aliphatic heterocycles. The van der Waals surface area contributed by atoms with Crippen LogP contribution in [-0.2, 0) is 4.79 Å². The van der Waals surface area contributed by atoms with E-state index >= 15 is 0 Å². The lowest BCUT2D eigenvalue weighted by Gasteiger charge is -1.90. The Morgan fingerprint density at radius 1 is 1.36 bits per heavy atom. The maximum Gasteiger partial charge on any atom is 0.142 e. The minimum absolute atomic E-state index is 0.369. The minimum Gasteiger partial charge on any atom is -0.382 e. The summed E-state index contributed by atoms with van der Waals surface area (Å²) in [5.41, 5.74) is 5.91. The van der Waals surface area contributed by atoms with Gasteiger partial charge in [-0.15, -0.1) is 0 Å². The molecule has 1 rings (SSSR count). The van der Waals surface area contributed by atoms with Gasteiger partial charge < -0.3 is 5.73 Å². The van der Waals surface area contributed by atoms with Gasteiger partial charge >= 0.3 is 0 Å². The van der Waals surface area contributed by atoms with Crippen molar-refractivity contribution in [1.29, 1.82) is 0 Å². The van der Waals surface area contributed by atoms with E-state index in [1.807, 2.05) is 0 Å². The third kappa shape index (κ3) is 2.17. The van der Waals surface area contributed by atoms with Crippen molar-refractivity contribution in [2.45, 2.75) is 0 Å². The summed E-state index contributed by atoms with van der Waals surface area (Å²) in [6.45, 7) is 0. The summed E-state index contributed by atoms with van der Waals surface area (Å²) >= 11 is 0. The van der Waals surface area contributed by atoms with E-state index in [9.17, 15) is 4.79 Å². The number of allylic oxidation sites excluding steroid dienone is 1. The summed E-state index contributed by atoms with van der Waals surface area (Å²) in [7, 11) is 0. The molecule has 0 unspecified atom stereocenters. The molecule has 0 aromatic carbocycles. The van der Waals surface area contributed by atoms with E-state index in [1.165, 1.54) is 18.5 Å². The van der Waals surface area contributed by atoms with Crippen molar-refractivity contribution in [2.75, 3.05) is 5.73 Å². The first-order valence-electron chi connectivity index (χ1n) is 3.02. The molecule has 0 radical (unpaired) electrons. The van der Waals surface area contributed by atoms with Crippen molar-refractivity contribution in [1.82, 2.24) is 9.97 Å². The largest absolute Gasteiger partial charge is 0.382 e. The van der Waals surface area contributed by atoms with Gasteiger partial charge in [0.2, 0.25) is 0 Å². The number of hydrogen-bond donors (Lipinski definition) is 1. The standard InChI is InChI=1S/C7H7N3O/c8-7-5-9-6(4-10-7)2-1-3-11/h1-5H,(H2,8,10). The normalized spacial score (nSPS) is 10.2. The van der Waals surface area contributed by atoms with E-state index in [0.717, 1.165) is 0 Å². The molecule has 2 N–H and O–H groups in total. The number of aldehydes is 1. The molecule has 1 aromatic rings. The molecule has 4 nitrogen and oxygen atoms in total.